The van der Waals surface area contributed by atoms with Crippen LogP contribution in [0.5, 0.6) is 0 Å². The molecule has 26 heavy (non-hydrogen) atoms. The first kappa shape index (κ1) is 22.2. The molecule has 0 radical (unpaired) electrons. The molecule has 2 heteroatoms. The van der Waals surface area contributed by atoms with Crippen molar-refractivity contribution in [1.29, 1.82) is 0 Å². The summed E-state index contributed by atoms with van der Waals surface area (Å²) in [5.41, 5.74) is 0. The Morgan fingerprint density at radius 2 is 0.615 bits per heavy atom. The van der Waals surface area contributed by atoms with Crippen molar-refractivity contribution in [3.05, 3.63) is 24.3 Å². The van der Waals surface area contributed by atoms with E-state index in [9.17, 15) is 0 Å². The second-order valence-corrected chi connectivity index (χ2v) is 21.5. The zero-order valence-corrected chi connectivity index (χ0v) is 22.0. The monoisotopic (exact) mass is 550 g/mol. The maximum atomic E-state index is 3.39. The van der Waals surface area contributed by atoms with Crippen molar-refractivity contribution >= 4 is 43.9 Å². The molecular weight excluding hydrogens is 526 g/mol. The van der Waals surface area contributed by atoms with Gasteiger partial charge in [0.05, 0.1) is 0 Å². The Morgan fingerprint density at radius 1 is 0.423 bits per heavy atom. The molecule has 0 aliphatic carbocycles. The van der Waals surface area contributed by atoms with Crippen LogP contribution in [-0.4, -0.2) is 36.8 Å². The molecule has 0 heterocycles. The molecular formula is C24H22Sn2. The molecule has 0 amide bonds. The van der Waals surface area contributed by atoms with Crippen LogP contribution in [0.2, 0.25) is 0 Å². The molecule has 0 nitrogen and oxygen atoms in total. The van der Waals surface area contributed by atoms with E-state index in [2.05, 4.69) is 83.4 Å². The molecule has 1 aromatic carbocycles. The fourth-order valence-electron chi connectivity index (χ4n) is 2.72. The standard InChI is InChI=1S/C6H4.6C3H3.2Sn/c1-2-4-6-5-3-1;6*1-3-2;;/h1-2,5-6H;6*1H3;;. The number of hydrogen-bond donors (Lipinski definition) is 0. The number of benzene rings is 1. The van der Waals surface area contributed by atoms with Gasteiger partial charge in [-0.3, -0.25) is 0 Å². The summed E-state index contributed by atoms with van der Waals surface area (Å²) in [4.78, 5) is 0. The fraction of sp³-hybridized carbons (Fsp3) is 0.250. The molecule has 0 spiro atoms. The minimum absolute atomic E-state index is 1.18. The third-order valence-corrected chi connectivity index (χ3v) is 21.2. The summed E-state index contributed by atoms with van der Waals surface area (Å²) in [7, 11) is 0. The van der Waals surface area contributed by atoms with Crippen LogP contribution in [0.4, 0.5) is 0 Å². The van der Waals surface area contributed by atoms with E-state index in [4.69, 9.17) is 0 Å². The van der Waals surface area contributed by atoms with Crippen molar-refractivity contribution in [2.24, 2.45) is 0 Å². The third kappa shape index (κ3) is 5.10. The van der Waals surface area contributed by atoms with Crippen molar-refractivity contribution in [1.82, 2.24) is 0 Å². The molecule has 126 valence electrons. The van der Waals surface area contributed by atoms with Gasteiger partial charge in [0.25, 0.3) is 0 Å². The summed E-state index contributed by atoms with van der Waals surface area (Å²) < 4.78 is 22.7. The van der Waals surface area contributed by atoms with Gasteiger partial charge in [0.15, 0.2) is 0 Å². The molecule has 1 rings (SSSR count). The van der Waals surface area contributed by atoms with Crippen LogP contribution in [0.15, 0.2) is 24.3 Å². The van der Waals surface area contributed by atoms with Crippen LogP contribution in [0, 0.1) is 59.1 Å². The van der Waals surface area contributed by atoms with Crippen molar-refractivity contribution in [3.8, 4) is 59.1 Å². The van der Waals surface area contributed by atoms with E-state index in [1.807, 2.05) is 41.5 Å². The fourth-order valence-corrected chi connectivity index (χ4v) is 16.5. The SMILES string of the molecule is CC#[C][Sn]([C]#CC)([C]#CC)[c]1cc[c]([Sn]([C]#CC)([C]#CC)[C]#CC)cc1. The van der Waals surface area contributed by atoms with Crippen LogP contribution >= 0.6 is 0 Å². The normalized spacial score (nSPS) is 8.85. The van der Waals surface area contributed by atoms with Gasteiger partial charge in [0, 0.05) is 0 Å². The molecule has 0 fully saturated rings. The van der Waals surface area contributed by atoms with Gasteiger partial charge >= 0.3 is 169 Å². The predicted molar refractivity (Wildman–Crippen MR) is 118 cm³/mol. The molecule has 0 bridgehead atoms. The minimum atomic E-state index is -3.35. The zero-order valence-electron chi connectivity index (χ0n) is 16.3. The molecule has 0 aliphatic rings. The van der Waals surface area contributed by atoms with Crippen molar-refractivity contribution in [3.63, 3.8) is 0 Å². The average Bonchev–Trinajstić information content (AvgIpc) is 2.63. The summed E-state index contributed by atoms with van der Waals surface area (Å²) in [6, 6.07) is 8.56. The van der Waals surface area contributed by atoms with Gasteiger partial charge in [0.2, 0.25) is 0 Å². The second-order valence-electron chi connectivity index (χ2n) is 5.33. The number of hydrogen-bond acceptors (Lipinski definition) is 0. The second kappa shape index (κ2) is 11.0. The van der Waals surface area contributed by atoms with Gasteiger partial charge in [-0.1, -0.05) is 0 Å². The van der Waals surface area contributed by atoms with E-state index in [0.717, 1.165) is 0 Å². The van der Waals surface area contributed by atoms with Crippen LogP contribution in [0.25, 0.3) is 0 Å². The van der Waals surface area contributed by atoms with Crippen molar-refractivity contribution < 1.29 is 0 Å². The Morgan fingerprint density at radius 3 is 0.769 bits per heavy atom. The first-order valence-corrected chi connectivity index (χ1v) is 19.7. The third-order valence-electron chi connectivity index (χ3n) is 3.63. The van der Waals surface area contributed by atoms with E-state index in [0.29, 0.717) is 0 Å². The van der Waals surface area contributed by atoms with Gasteiger partial charge in [-0.2, -0.15) is 0 Å². The predicted octanol–water partition coefficient (Wildman–Crippen LogP) is 2.37. The van der Waals surface area contributed by atoms with Crippen molar-refractivity contribution in [2.45, 2.75) is 41.5 Å². The first-order valence-electron chi connectivity index (χ1n) is 8.32. The summed E-state index contributed by atoms with van der Waals surface area (Å²) in [6.45, 7) is 11.2. The summed E-state index contributed by atoms with van der Waals surface area (Å²) in [5.74, 6) is 18.4. The molecule has 0 saturated carbocycles. The van der Waals surface area contributed by atoms with Gasteiger partial charge in [-0.05, 0) is 0 Å². The van der Waals surface area contributed by atoms with E-state index in [-0.39, 0.29) is 0 Å². The molecule has 0 aliphatic heterocycles. The Bertz CT molecular complexity index is 833. The van der Waals surface area contributed by atoms with E-state index < -0.39 is 36.8 Å². The quantitative estimate of drug-likeness (QED) is 0.394. The average molecular weight is 548 g/mol. The Balaban J connectivity index is 3.67. The Kier molecular flexibility index (Phi) is 9.41. The zero-order chi connectivity index (χ0) is 19.5. The molecule has 0 atom stereocenters. The van der Waals surface area contributed by atoms with Gasteiger partial charge in [-0.25, -0.2) is 0 Å². The van der Waals surface area contributed by atoms with Gasteiger partial charge in [0.1, 0.15) is 0 Å². The van der Waals surface area contributed by atoms with Crippen LogP contribution in [0.1, 0.15) is 41.5 Å². The van der Waals surface area contributed by atoms with Gasteiger partial charge in [-0.15, -0.1) is 0 Å². The molecule has 1 aromatic rings. The Labute approximate surface area is 167 Å². The topological polar surface area (TPSA) is 0 Å². The number of rotatable bonds is 2. The van der Waals surface area contributed by atoms with Gasteiger partial charge < -0.3 is 0 Å². The summed E-state index contributed by atoms with van der Waals surface area (Å²) in [5, 5.41) is 0. The van der Waals surface area contributed by atoms with E-state index in [1.165, 1.54) is 7.16 Å². The Hall–Kier alpha value is -1.82. The first-order chi connectivity index (χ1) is 12.6. The maximum absolute atomic E-state index is 3.39. The van der Waals surface area contributed by atoms with Crippen LogP contribution in [-0.2, 0) is 0 Å². The molecule has 0 unspecified atom stereocenters. The molecule has 0 aromatic heterocycles. The van der Waals surface area contributed by atoms with Crippen molar-refractivity contribution in [2.75, 3.05) is 0 Å². The molecule has 0 N–H and O–H groups in total. The van der Waals surface area contributed by atoms with E-state index in [1.54, 1.807) is 0 Å². The van der Waals surface area contributed by atoms with Crippen LogP contribution in [0.3, 0.4) is 0 Å². The summed E-state index contributed by atoms with van der Waals surface area (Å²) in [6.07, 6.45) is 0. The molecule has 0 saturated heterocycles. The van der Waals surface area contributed by atoms with Crippen LogP contribution < -0.4 is 7.16 Å². The summed E-state index contributed by atoms with van der Waals surface area (Å²) >= 11 is -6.71. The van der Waals surface area contributed by atoms with E-state index >= 15 is 0 Å².